The number of morpholine rings is 1. The van der Waals surface area contributed by atoms with E-state index in [-0.39, 0.29) is 42.7 Å². The van der Waals surface area contributed by atoms with Crippen LogP contribution in [0.4, 0.5) is 5.00 Å². The molecule has 1 fully saturated rings. The lowest BCUT2D eigenvalue weighted by Crippen LogP contribution is -2.40. The van der Waals surface area contributed by atoms with Crippen molar-refractivity contribution in [1.82, 2.24) is 4.31 Å². The maximum Gasteiger partial charge on any atom is 0.341 e. The predicted octanol–water partition coefficient (Wildman–Crippen LogP) is 2.70. The molecule has 2 heterocycles. The second kappa shape index (κ2) is 11.1. The zero-order valence-electron chi connectivity index (χ0n) is 18.9. The number of hydrogen-bond acceptors (Lipinski definition) is 8. The van der Waals surface area contributed by atoms with Gasteiger partial charge < -0.3 is 19.5 Å². The molecule has 180 valence electrons. The van der Waals surface area contributed by atoms with Crippen LogP contribution < -0.4 is 10.1 Å². The van der Waals surface area contributed by atoms with E-state index < -0.39 is 16.0 Å². The normalized spacial score (nSPS) is 14.6. The third-order valence-corrected chi connectivity index (χ3v) is 8.18. The molecule has 0 saturated carbocycles. The molecule has 0 spiro atoms. The van der Waals surface area contributed by atoms with Gasteiger partial charge >= 0.3 is 5.97 Å². The topological polar surface area (TPSA) is 111 Å². The van der Waals surface area contributed by atoms with Gasteiger partial charge in [0, 0.05) is 18.0 Å². The van der Waals surface area contributed by atoms with Crippen LogP contribution in [0.3, 0.4) is 0 Å². The van der Waals surface area contributed by atoms with Gasteiger partial charge in [0.25, 0.3) is 0 Å². The number of hydrogen-bond donors (Lipinski definition) is 1. The van der Waals surface area contributed by atoms with Crippen molar-refractivity contribution in [2.75, 3.05) is 45.3 Å². The molecule has 2 aromatic rings. The second-order valence-electron chi connectivity index (χ2n) is 7.26. The molecule has 0 radical (unpaired) electrons. The molecule has 0 aliphatic carbocycles. The van der Waals surface area contributed by atoms with Crippen LogP contribution in [-0.4, -0.2) is 64.6 Å². The maximum absolute atomic E-state index is 13.2. The van der Waals surface area contributed by atoms with E-state index in [0.717, 1.165) is 4.88 Å². The van der Waals surface area contributed by atoms with Crippen molar-refractivity contribution in [1.29, 1.82) is 0 Å². The summed E-state index contributed by atoms with van der Waals surface area (Å²) in [6.45, 7) is 5.07. The summed E-state index contributed by atoms with van der Waals surface area (Å²) >= 11 is 1.32. The van der Waals surface area contributed by atoms with Gasteiger partial charge in [-0.1, -0.05) is 13.0 Å². The number of esters is 1. The molecular formula is C22H28N2O7S2. The lowest BCUT2D eigenvalue weighted by Gasteiger charge is -2.26. The lowest BCUT2D eigenvalue weighted by molar-refractivity contribution is -0.115. The molecule has 1 aliphatic rings. The summed E-state index contributed by atoms with van der Waals surface area (Å²) in [7, 11) is -2.41. The van der Waals surface area contributed by atoms with E-state index in [1.807, 2.05) is 6.92 Å². The molecule has 0 atom stereocenters. The van der Waals surface area contributed by atoms with Crippen LogP contribution >= 0.6 is 11.3 Å². The minimum absolute atomic E-state index is 0.00815. The number of sulfonamides is 1. The number of methoxy groups -OCH3 is 1. The zero-order valence-corrected chi connectivity index (χ0v) is 20.5. The van der Waals surface area contributed by atoms with Crippen molar-refractivity contribution in [3.05, 3.63) is 40.3 Å². The summed E-state index contributed by atoms with van der Waals surface area (Å²) in [5.74, 6) is -0.655. The van der Waals surface area contributed by atoms with Gasteiger partial charge in [0.05, 0.1) is 38.9 Å². The van der Waals surface area contributed by atoms with Gasteiger partial charge in [-0.15, -0.1) is 11.3 Å². The highest BCUT2D eigenvalue weighted by molar-refractivity contribution is 7.89. The van der Waals surface area contributed by atoms with Crippen LogP contribution in [0.1, 0.15) is 34.6 Å². The smallest absolute Gasteiger partial charge is 0.341 e. The Labute approximate surface area is 197 Å². The fourth-order valence-corrected chi connectivity index (χ4v) is 6.00. The summed E-state index contributed by atoms with van der Waals surface area (Å²) in [5.41, 5.74) is 0.822. The largest absolute Gasteiger partial charge is 0.495 e. The zero-order chi connectivity index (χ0) is 24.0. The summed E-state index contributed by atoms with van der Waals surface area (Å²) in [6.07, 6.45) is 0.644. The monoisotopic (exact) mass is 496 g/mol. The van der Waals surface area contributed by atoms with Crippen LogP contribution in [0.5, 0.6) is 5.75 Å². The maximum atomic E-state index is 13.2. The fourth-order valence-electron chi connectivity index (χ4n) is 3.38. The Kier molecular flexibility index (Phi) is 8.46. The van der Waals surface area contributed by atoms with E-state index >= 15 is 0 Å². The van der Waals surface area contributed by atoms with Gasteiger partial charge in [0.1, 0.15) is 15.6 Å². The average Bonchev–Trinajstić information content (AvgIpc) is 3.22. The molecule has 9 nitrogen and oxygen atoms in total. The Hall–Kier alpha value is -2.47. The first-order valence-corrected chi connectivity index (χ1v) is 12.9. The molecule has 0 unspecified atom stereocenters. The van der Waals surface area contributed by atoms with Gasteiger partial charge in [0.15, 0.2) is 0 Å². The molecule has 1 N–H and O–H groups in total. The molecule has 3 rings (SSSR count). The summed E-state index contributed by atoms with van der Waals surface area (Å²) in [4.78, 5) is 26.0. The van der Waals surface area contributed by atoms with E-state index in [1.165, 1.54) is 28.8 Å². The van der Waals surface area contributed by atoms with E-state index in [1.54, 1.807) is 25.1 Å². The quantitative estimate of drug-likeness (QED) is 0.531. The molecule has 1 aromatic heterocycles. The molecule has 11 heteroatoms. The minimum Gasteiger partial charge on any atom is -0.495 e. The predicted molar refractivity (Wildman–Crippen MR) is 125 cm³/mol. The Morgan fingerprint density at radius 1 is 1.18 bits per heavy atom. The first kappa shape index (κ1) is 25.2. The molecule has 1 amide bonds. The summed E-state index contributed by atoms with van der Waals surface area (Å²) in [5, 5.41) is 3.20. The van der Waals surface area contributed by atoms with Crippen LogP contribution in [-0.2, 0) is 37.1 Å². The first-order valence-electron chi connectivity index (χ1n) is 10.6. The van der Waals surface area contributed by atoms with Gasteiger partial charge in [0.2, 0.25) is 15.9 Å². The van der Waals surface area contributed by atoms with Crippen molar-refractivity contribution < 1.29 is 32.2 Å². The lowest BCUT2D eigenvalue weighted by atomic mass is 10.1. The van der Waals surface area contributed by atoms with Crippen LogP contribution in [0.15, 0.2) is 29.2 Å². The van der Waals surface area contributed by atoms with E-state index in [2.05, 4.69) is 5.32 Å². The SMILES string of the molecule is CCOC(=O)c1cc(CC)sc1NC(=O)Cc1ccc(OC)c(S(=O)(=O)N2CCOCC2)c1. The Morgan fingerprint density at radius 3 is 2.55 bits per heavy atom. The van der Waals surface area contributed by atoms with Crippen LogP contribution in [0.25, 0.3) is 0 Å². The van der Waals surface area contributed by atoms with Gasteiger partial charge in [-0.05, 0) is 37.1 Å². The van der Waals surface area contributed by atoms with E-state index in [4.69, 9.17) is 14.2 Å². The number of anilines is 1. The standard InChI is InChI=1S/C22H28N2O7S2/c1-4-16-14-17(22(26)31-5-2)21(32-16)23-20(25)13-15-6-7-18(29-3)19(12-15)33(27,28)24-8-10-30-11-9-24/h6-7,12,14H,4-5,8-11,13H2,1-3H3,(H,23,25). The average molecular weight is 497 g/mol. The fraction of sp³-hybridized carbons (Fsp3) is 0.455. The van der Waals surface area contributed by atoms with Gasteiger partial charge in [-0.25, -0.2) is 13.2 Å². The highest BCUT2D eigenvalue weighted by atomic mass is 32.2. The van der Waals surface area contributed by atoms with Crippen LogP contribution in [0, 0.1) is 0 Å². The Bertz CT molecular complexity index is 1110. The number of ether oxygens (including phenoxy) is 3. The molecule has 1 aliphatic heterocycles. The summed E-state index contributed by atoms with van der Waals surface area (Å²) in [6, 6.07) is 6.37. The number of carbonyl (C=O) groups is 2. The highest BCUT2D eigenvalue weighted by Gasteiger charge is 2.29. The van der Waals surface area contributed by atoms with Crippen molar-refractivity contribution in [3.63, 3.8) is 0 Å². The minimum atomic E-state index is -3.81. The number of thiophene rings is 1. The third kappa shape index (κ3) is 5.91. The number of rotatable bonds is 9. The van der Waals surface area contributed by atoms with Gasteiger partial charge in [-0.2, -0.15) is 4.31 Å². The number of benzene rings is 1. The second-order valence-corrected chi connectivity index (χ2v) is 10.3. The van der Waals surface area contributed by atoms with Crippen LogP contribution in [0.2, 0.25) is 0 Å². The number of aryl methyl sites for hydroxylation is 1. The van der Waals surface area contributed by atoms with Crippen molar-refractivity contribution in [2.45, 2.75) is 31.6 Å². The molecule has 0 bridgehead atoms. The molecule has 33 heavy (non-hydrogen) atoms. The van der Waals surface area contributed by atoms with Gasteiger partial charge in [-0.3, -0.25) is 4.79 Å². The van der Waals surface area contributed by atoms with Crippen molar-refractivity contribution in [3.8, 4) is 5.75 Å². The Balaban J connectivity index is 1.82. The molecular weight excluding hydrogens is 468 g/mol. The molecule has 1 aromatic carbocycles. The molecule has 1 saturated heterocycles. The van der Waals surface area contributed by atoms with Crippen molar-refractivity contribution in [2.24, 2.45) is 0 Å². The highest BCUT2D eigenvalue weighted by Crippen LogP contribution is 2.31. The third-order valence-electron chi connectivity index (χ3n) is 5.06. The number of nitrogens with one attached hydrogen (secondary N) is 1. The number of nitrogens with zero attached hydrogens (tertiary/aromatic N) is 1. The van der Waals surface area contributed by atoms with Crippen molar-refractivity contribution >= 4 is 38.2 Å². The van der Waals surface area contributed by atoms with E-state index in [0.29, 0.717) is 35.8 Å². The first-order chi connectivity index (χ1) is 15.8. The summed E-state index contributed by atoms with van der Waals surface area (Å²) < 4.78 is 43.3. The van der Waals surface area contributed by atoms with E-state index in [9.17, 15) is 18.0 Å². The number of amides is 1. The Morgan fingerprint density at radius 2 is 1.91 bits per heavy atom. The number of carbonyl (C=O) groups excluding carboxylic acids is 2.